The zero-order chi connectivity index (χ0) is 20.1. The van der Waals surface area contributed by atoms with Gasteiger partial charge in [0, 0.05) is 25.7 Å². The third-order valence-electron chi connectivity index (χ3n) is 4.94. The molecule has 0 fully saturated rings. The van der Waals surface area contributed by atoms with Crippen molar-refractivity contribution in [2.75, 3.05) is 11.9 Å². The minimum absolute atomic E-state index is 0.186. The molecule has 10 heteroatoms. The summed E-state index contributed by atoms with van der Waals surface area (Å²) in [5, 5.41) is 8.59. The van der Waals surface area contributed by atoms with Gasteiger partial charge in [-0.25, -0.2) is 19.6 Å². The summed E-state index contributed by atoms with van der Waals surface area (Å²) in [6.07, 6.45) is 1.25. The predicted molar refractivity (Wildman–Crippen MR) is 97.8 cm³/mol. The molecule has 3 aromatic heterocycles. The van der Waals surface area contributed by atoms with Gasteiger partial charge in [-0.05, 0) is 33.1 Å². The van der Waals surface area contributed by atoms with Gasteiger partial charge in [0.25, 0.3) is 0 Å². The molecule has 4 rings (SSSR count). The van der Waals surface area contributed by atoms with Crippen molar-refractivity contribution in [3.05, 3.63) is 30.2 Å². The molecule has 150 valence electrons. The van der Waals surface area contributed by atoms with E-state index in [1.165, 1.54) is 6.33 Å². The fraction of sp³-hybridized carbons (Fsp3) is 0.556. The molecule has 0 saturated heterocycles. The van der Waals surface area contributed by atoms with Gasteiger partial charge in [-0.15, -0.1) is 0 Å². The van der Waals surface area contributed by atoms with Crippen LogP contribution in [0.3, 0.4) is 0 Å². The lowest BCUT2D eigenvalue weighted by Gasteiger charge is -2.24. The molecule has 3 aromatic rings. The first-order valence-electron chi connectivity index (χ1n) is 9.19. The van der Waals surface area contributed by atoms with E-state index < -0.39 is 11.9 Å². The second-order valence-corrected chi connectivity index (χ2v) is 8.16. The van der Waals surface area contributed by atoms with E-state index in [0.717, 1.165) is 23.7 Å². The predicted octanol–water partition coefficient (Wildman–Crippen LogP) is 3.47. The maximum Gasteiger partial charge on any atom is 0.434 e. The molecule has 1 aliphatic heterocycles. The fourth-order valence-corrected chi connectivity index (χ4v) is 3.53. The third-order valence-corrected chi connectivity index (χ3v) is 4.94. The average Bonchev–Trinajstić information content (AvgIpc) is 3.23. The number of hydrogen-bond acceptors (Lipinski definition) is 5. The van der Waals surface area contributed by atoms with E-state index in [1.54, 1.807) is 10.8 Å². The van der Waals surface area contributed by atoms with Gasteiger partial charge >= 0.3 is 6.18 Å². The molecule has 7 nitrogen and oxygen atoms in total. The van der Waals surface area contributed by atoms with E-state index in [1.807, 2.05) is 4.68 Å². The largest absolute Gasteiger partial charge is 0.434 e. The van der Waals surface area contributed by atoms with E-state index in [-0.39, 0.29) is 11.5 Å². The van der Waals surface area contributed by atoms with E-state index in [9.17, 15) is 13.2 Å². The van der Waals surface area contributed by atoms with Crippen molar-refractivity contribution in [1.29, 1.82) is 0 Å². The smallest absolute Gasteiger partial charge is 0.369 e. The fourth-order valence-electron chi connectivity index (χ4n) is 3.53. The molecule has 0 amide bonds. The van der Waals surface area contributed by atoms with Crippen LogP contribution in [0, 0.1) is 5.92 Å². The van der Waals surface area contributed by atoms with Crippen LogP contribution < -0.4 is 5.32 Å². The first-order chi connectivity index (χ1) is 13.1. The Kier molecular flexibility index (Phi) is 4.31. The van der Waals surface area contributed by atoms with Gasteiger partial charge in [-0.2, -0.15) is 18.3 Å². The maximum absolute atomic E-state index is 12.9. The van der Waals surface area contributed by atoms with Gasteiger partial charge < -0.3 is 9.88 Å². The van der Waals surface area contributed by atoms with Crippen molar-refractivity contribution >= 4 is 16.9 Å². The van der Waals surface area contributed by atoms with Crippen LogP contribution in [0.1, 0.15) is 38.7 Å². The molecule has 0 radical (unpaired) electrons. The van der Waals surface area contributed by atoms with E-state index in [2.05, 4.69) is 46.1 Å². The summed E-state index contributed by atoms with van der Waals surface area (Å²) in [5.41, 5.74) is -0.270. The molecule has 1 atom stereocenters. The Hall–Kier alpha value is -2.65. The first kappa shape index (κ1) is 18.7. The quantitative estimate of drug-likeness (QED) is 0.738. The molecule has 0 saturated carbocycles. The lowest BCUT2D eigenvalue weighted by molar-refractivity contribution is -0.141. The number of nitrogens with one attached hydrogen (secondary N) is 1. The van der Waals surface area contributed by atoms with Crippen molar-refractivity contribution < 1.29 is 13.2 Å². The second kappa shape index (κ2) is 6.46. The number of imidazole rings is 1. The van der Waals surface area contributed by atoms with Crippen LogP contribution in [0.5, 0.6) is 0 Å². The van der Waals surface area contributed by atoms with Crippen molar-refractivity contribution in [3.63, 3.8) is 0 Å². The van der Waals surface area contributed by atoms with Crippen molar-refractivity contribution in [3.8, 4) is 0 Å². The first-order valence-corrected chi connectivity index (χ1v) is 9.19. The number of hydrogen-bond donors (Lipinski definition) is 1. The molecule has 4 heterocycles. The number of anilines is 1. The highest BCUT2D eigenvalue weighted by Crippen LogP contribution is 2.31. The summed E-state index contributed by atoms with van der Waals surface area (Å²) in [7, 11) is 0. The zero-order valence-electron chi connectivity index (χ0n) is 16.0. The Balaban J connectivity index is 1.49. The highest BCUT2D eigenvalue weighted by molar-refractivity contribution is 5.86. The molecular weight excluding hydrogens is 371 g/mol. The standard InChI is InChI=1S/C18H22F3N7/c1-17(2,3)28-16-12(7-25-28)15(23-10-24-16)22-6-11-4-5-14-26-13(18(19,20)21)9-27(14)8-11/h7,9-11H,4-6,8H2,1-3H3,(H,22,23,24)/t11-/m0/s1. The number of aryl methyl sites for hydroxylation is 1. The molecule has 0 spiro atoms. The van der Waals surface area contributed by atoms with Crippen LogP contribution in [0.2, 0.25) is 0 Å². The normalized spacial score (nSPS) is 17.7. The van der Waals surface area contributed by atoms with Crippen molar-refractivity contribution in [2.24, 2.45) is 5.92 Å². The maximum atomic E-state index is 12.9. The molecule has 1 aliphatic rings. The van der Waals surface area contributed by atoms with Crippen molar-refractivity contribution in [1.82, 2.24) is 29.3 Å². The Labute approximate surface area is 160 Å². The summed E-state index contributed by atoms with van der Waals surface area (Å²) >= 11 is 0. The van der Waals surface area contributed by atoms with E-state index in [0.29, 0.717) is 31.2 Å². The molecule has 0 unspecified atom stereocenters. The summed E-state index contributed by atoms with van der Waals surface area (Å²) in [4.78, 5) is 12.4. The van der Waals surface area contributed by atoms with Gasteiger partial charge in [0.2, 0.25) is 0 Å². The molecule has 0 aromatic carbocycles. The number of fused-ring (bicyclic) bond motifs is 2. The molecular formula is C18H22F3N7. The summed E-state index contributed by atoms with van der Waals surface area (Å²) < 4.78 is 42.1. The summed E-state index contributed by atoms with van der Waals surface area (Å²) in [6.45, 7) is 7.25. The lowest BCUT2D eigenvalue weighted by atomic mass is 9.99. The van der Waals surface area contributed by atoms with Crippen LogP contribution in [-0.2, 0) is 24.7 Å². The lowest BCUT2D eigenvalue weighted by Crippen LogP contribution is -2.26. The van der Waals surface area contributed by atoms with Crippen LogP contribution in [0.15, 0.2) is 18.7 Å². The molecule has 1 N–H and O–H groups in total. The number of nitrogens with zero attached hydrogens (tertiary/aromatic N) is 6. The number of rotatable bonds is 3. The second-order valence-electron chi connectivity index (χ2n) is 8.16. The zero-order valence-corrected chi connectivity index (χ0v) is 16.0. The summed E-state index contributed by atoms with van der Waals surface area (Å²) in [5.74, 6) is 1.37. The Bertz CT molecular complexity index is 997. The average molecular weight is 393 g/mol. The van der Waals surface area contributed by atoms with Crippen molar-refractivity contribution in [2.45, 2.75) is 51.9 Å². The highest BCUT2D eigenvalue weighted by atomic mass is 19.4. The van der Waals surface area contributed by atoms with Crippen LogP contribution in [-0.4, -0.2) is 35.8 Å². The van der Waals surface area contributed by atoms with Gasteiger partial charge in [-0.1, -0.05) is 0 Å². The third kappa shape index (κ3) is 3.43. The number of alkyl halides is 3. The number of halogens is 3. The van der Waals surface area contributed by atoms with Gasteiger partial charge in [0.15, 0.2) is 11.3 Å². The SMILES string of the molecule is CC(C)(C)n1ncc2c(NC[C@@H]3CCc4nc(C(F)(F)F)cn4C3)ncnc21. The van der Waals surface area contributed by atoms with Crippen LogP contribution in [0.25, 0.3) is 11.0 Å². The van der Waals surface area contributed by atoms with Gasteiger partial charge in [-0.3, -0.25) is 0 Å². The Morgan fingerprint density at radius 1 is 1.21 bits per heavy atom. The Morgan fingerprint density at radius 2 is 2.00 bits per heavy atom. The topological polar surface area (TPSA) is 73.5 Å². The van der Waals surface area contributed by atoms with Crippen LogP contribution >= 0.6 is 0 Å². The number of aromatic nitrogens is 6. The van der Waals surface area contributed by atoms with Crippen LogP contribution in [0.4, 0.5) is 19.0 Å². The minimum Gasteiger partial charge on any atom is -0.369 e. The summed E-state index contributed by atoms with van der Waals surface area (Å²) in [6, 6.07) is 0. The van der Waals surface area contributed by atoms with E-state index >= 15 is 0 Å². The van der Waals surface area contributed by atoms with Gasteiger partial charge in [0.1, 0.15) is 18.0 Å². The molecule has 28 heavy (non-hydrogen) atoms. The minimum atomic E-state index is -4.40. The Morgan fingerprint density at radius 3 is 2.71 bits per heavy atom. The molecule has 0 aliphatic carbocycles. The molecule has 0 bridgehead atoms. The highest BCUT2D eigenvalue weighted by Gasteiger charge is 2.35. The van der Waals surface area contributed by atoms with E-state index in [4.69, 9.17) is 0 Å². The monoisotopic (exact) mass is 393 g/mol. The van der Waals surface area contributed by atoms with Gasteiger partial charge in [0.05, 0.1) is 17.1 Å².